The van der Waals surface area contributed by atoms with Gasteiger partial charge in [-0.1, -0.05) is 0 Å². The maximum atomic E-state index is 12.9. The lowest BCUT2D eigenvalue weighted by atomic mass is 10.00. The third kappa shape index (κ3) is 3.56. The van der Waals surface area contributed by atoms with Crippen LogP contribution in [0.2, 0.25) is 0 Å². The van der Waals surface area contributed by atoms with Crippen molar-refractivity contribution in [3.8, 4) is 10.8 Å². The molecule has 3 aromatic heterocycles. The molecule has 1 aliphatic heterocycles. The Morgan fingerprint density at radius 2 is 2.19 bits per heavy atom. The molecule has 3 aromatic rings. The highest BCUT2D eigenvalue weighted by molar-refractivity contribution is 7.89. The molecule has 10 heteroatoms. The van der Waals surface area contributed by atoms with Gasteiger partial charge in [-0.25, -0.2) is 8.42 Å². The summed E-state index contributed by atoms with van der Waals surface area (Å²) in [6.07, 6.45) is 4.56. The van der Waals surface area contributed by atoms with Gasteiger partial charge in [0.1, 0.15) is 4.90 Å². The normalized spacial score (nSPS) is 18.8. The van der Waals surface area contributed by atoms with Gasteiger partial charge in [-0.2, -0.15) is 9.40 Å². The molecular weight excluding hydrogens is 386 g/mol. The summed E-state index contributed by atoms with van der Waals surface area (Å²) in [6.45, 7) is 5.40. The van der Waals surface area contributed by atoms with E-state index in [1.807, 2.05) is 26.0 Å². The Bertz CT molecular complexity index is 1040. The first-order valence-corrected chi connectivity index (χ1v) is 11.2. The minimum absolute atomic E-state index is 0.0999. The highest BCUT2D eigenvalue weighted by Crippen LogP contribution is 2.32. The van der Waals surface area contributed by atoms with E-state index in [4.69, 9.17) is 4.42 Å². The summed E-state index contributed by atoms with van der Waals surface area (Å²) in [7, 11) is -3.57. The molecule has 0 radical (unpaired) electrons. The zero-order valence-corrected chi connectivity index (χ0v) is 16.8. The van der Waals surface area contributed by atoms with Gasteiger partial charge in [-0.15, -0.1) is 21.5 Å². The highest BCUT2D eigenvalue weighted by atomic mass is 32.2. The van der Waals surface area contributed by atoms with Crippen LogP contribution in [-0.2, 0) is 16.6 Å². The van der Waals surface area contributed by atoms with Gasteiger partial charge in [-0.05, 0) is 38.8 Å². The molecule has 1 atom stereocenters. The lowest BCUT2D eigenvalue weighted by Crippen LogP contribution is -2.39. The van der Waals surface area contributed by atoms with Crippen molar-refractivity contribution in [2.45, 2.75) is 44.0 Å². The van der Waals surface area contributed by atoms with Crippen molar-refractivity contribution in [1.82, 2.24) is 24.3 Å². The van der Waals surface area contributed by atoms with Crippen molar-refractivity contribution in [3.63, 3.8) is 0 Å². The number of hydrogen-bond donors (Lipinski definition) is 0. The standard InChI is InChI=1S/C17H21N5O3S2/c1-3-21-11-14(9-18-21)27(23,24)22-8-4-5-13(10-22)16-19-20-17(25-16)15-7-6-12(2)26-15/h6-7,9,11,13H,3-5,8,10H2,1-2H3/t13-/m0/s1. The van der Waals surface area contributed by atoms with Crippen molar-refractivity contribution >= 4 is 21.4 Å². The third-order valence-electron chi connectivity index (χ3n) is 4.70. The Balaban J connectivity index is 1.54. The smallest absolute Gasteiger partial charge is 0.257 e. The lowest BCUT2D eigenvalue weighted by molar-refractivity contribution is 0.286. The second kappa shape index (κ2) is 7.17. The van der Waals surface area contributed by atoms with Crippen LogP contribution in [0.5, 0.6) is 0 Å². The van der Waals surface area contributed by atoms with Crippen LogP contribution < -0.4 is 0 Å². The van der Waals surface area contributed by atoms with Gasteiger partial charge >= 0.3 is 0 Å². The van der Waals surface area contributed by atoms with E-state index in [1.54, 1.807) is 22.2 Å². The van der Waals surface area contributed by atoms with Crippen molar-refractivity contribution < 1.29 is 12.8 Å². The summed E-state index contributed by atoms with van der Waals surface area (Å²) in [6, 6.07) is 3.97. The molecule has 4 heterocycles. The summed E-state index contributed by atoms with van der Waals surface area (Å²) in [4.78, 5) is 2.33. The minimum atomic E-state index is -3.57. The summed E-state index contributed by atoms with van der Waals surface area (Å²) < 4.78 is 34.8. The Kier molecular flexibility index (Phi) is 4.87. The van der Waals surface area contributed by atoms with Crippen LogP contribution in [-0.4, -0.2) is 45.8 Å². The average Bonchev–Trinajstić information content (AvgIpc) is 3.41. The molecule has 1 saturated heterocycles. The number of nitrogens with zero attached hydrogens (tertiary/aromatic N) is 5. The topological polar surface area (TPSA) is 94.1 Å². The first-order chi connectivity index (χ1) is 13.0. The van der Waals surface area contributed by atoms with Crippen LogP contribution >= 0.6 is 11.3 Å². The van der Waals surface area contributed by atoms with E-state index >= 15 is 0 Å². The van der Waals surface area contributed by atoms with Crippen LogP contribution in [0.3, 0.4) is 0 Å². The molecular formula is C17H21N5O3S2. The summed E-state index contributed by atoms with van der Waals surface area (Å²) in [5.74, 6) is 0.893. The molecule has 8 nitrogen and oxygen atoms in total. The molecule has 0 spiro atoms. The van der Waals surface area contributed by atoms with Gasteiger partial charge in [0, 0.05) is 30.7 Å². The lowest BCUT2D eigenvalue weighted by Gasteiger charge is -2.29. The molecule has 144 valence electrons. The number of sulfonamides is 1. The average molecular weight is 408 g/mol. The van der Waals surface area contributed by atoms with E-state index in [0.29, 0.717) is 31.4 Å². The number of hydrogen-bond acceptors (Lipinski definition) is 7. The predicted octanol–water partition coefficient (Wildman–Crippen LogP) is 2.89. The fourth-order valence-corrected chi connectivity index (χ4v) is 5.48. The summed E-state index contributed by atoms with van der Waals surface area (Å²) in [5, 5.41) is 12.4. The van der Waals surface area contributed by atoms with E-state index in [-0.39, 0.29) is 10.8 Å². The van der Waals surface area contributed by atoms with E-state index in [9.17, 15) is 8.42 Å². The summed E-state index contributed by atoms with van der Waals surface area (Å²) >= 11 is 1.60. The molecule has 27 heavy (non-hydrogen) atoms. The molecule has 1 aliphatic rings. The van der Waals surface area contributed by atoms with E-state index < -0.39 is 10.0 Å². The highest BCUT2D eigenvalue weighted by Gasteiger charge is 2.34. The monoisotopic (exact) mass is 407 g/mol. The fraction of sp³-hybridized carbons (Fsp3) is 0.471. The van der Waals surface area contributed by atoms with Crippen LogP contribution in [0, 0.1) is 6.92 Å². The second-order valence-corrected chi connectivity index (χ2v) is 9.82. The molecule has 0 bridgehead atoms. The number of piperidine rings is 1. The van der Waals surface area contributed by atoms with Gasteiger partial charge < -0.3 is 4.42 Å². The molecule has 0 N–H and O–H groups in total. The zero-order chi connectivity index (χ0) is 19.0. The van der Waals surface area contributed by atoms with Crippen LogP contribution in [0.1, 0.15) is 36.5 Å². The van der Waals surface area contributed by atoms with Crippen molar-refractivity contribution in [2.75, 3.05) is 13.1 Å². The van der Waals surface area contributed by atoms with Gasteiger partial charge in [0.05, 0.1) is 17.0 Å². The molecule has 0 aliphatic carbocycles. The van der Waals surface area contributed by atoms with Crippen molar-refractivity contribution in [3.05, 3.63) is 35.3 Å². The fourth-order valence-electron chi connectivity index (χ4n) is 3.21. The predicted molar refractivity (Wildman–Crippen MR) is 101 cm³/mol. The largest absolute Gasteiger partial charge is 0.420 e. The maximum absolute atomic E-state index is 12.9. The number of thiophene rings is 1. The van der Waals surface area contributed by atoms with E-state index in [2.05, 4.69) is 15.3 Å². The molecule has 0 unspecified atom stereocenters. The zero-order valence-electron chi connectivity index (χ0n) is 15.2. The van der Waals surface area contributed by atoms with Crippen molar-refractivity contribution in [2.24, 2.45) is 0 Å². The van der Waals surface area contributed by atoms with E-state index in [1.165, 1.54) is 15.4 Å². The molecule has 0 aromatic carbocycles. The maximum Gasteiger partial charge on any atom is 0.257 e. The van der Waals surface area contributed by atoms with Gasteiger partial charge in [0.15, 0.2) is 0 Å². The van der Waals surface area contributed by atoms with Gasteiger partial charge in [-0.3, -0.25) is 4.68 Å². The molecule has 0 saturated carbocycles. The van der Waals surface area contributed by atoms with Gasteiger partial charge in [0.25, 0.3) is 5.89 Å². The van der Waals surface area contributed by atoms with Crippen LogP contribution in [0.25, 0.3) is 10.8 Å². The van der Waals surface area contributed by atoms with Gasteiger partial charge in [0.2, 0.25) is 15.9 Å². The van der Waals surface area contributed by atoms with Crippen molar-refractivity contribution in [1.29, 1.82) is 0 Å². The Labute approximate surface area is 161 Å². The molecule has 1 fully saturated rings. The Morgan fingerprint density at radius 1 is 1.33 bits per heavy atom. The third-order valence-corrected chi connectivity index (χ3v) is 7.50. The second-order valence-electron chi connectivity index (χ2n) is 6.59. The number of rotatable bonds is 5. The minimum Gasteiger partial charge on any atom is -0.420 e. The SMILES string of the molecule is CCn1cc(S(=O)(=O)N2CCC[C@H](c3nnc(-c4ccc(C)s4)o3)C2)cn1. The number of aromatic nitrogens is 4. The first-order valence-electron chi connectivity index (χ1n) is 8.90. The summed E-state index contributed by atoms with van der Waals surface area (Å²) in [5.41, 5.74) is 0. The molecule has 0 amide bonds. The van der Waals surface area contributed by atoms with Crippen LogP contribution in [0.15, 0.2) is 33.8 Å². The number of aryl methyl sites for hydroxylation is 2. The Morgan fingerprint density at radius 3 is 2.89 bits per heavy atom. The molecule has 4 rings (SSSR count). The van der Waals surface area contributed by atoms with E-state index in [0.717, 1.165) is 17.7 Å². The quantitative estimate of drug-likeness (QED) is 0.645. The Hall–Kier alpha value is -2.04. The van der Waals surface area contributed by atoms with Crippen LogP contribution in [0.4, 0.5) is 0 Å². The first kappa shape index (κ1) is 18.3.